The van der Waals surface area contributed by atoms with Gasteiger partial charge in [0.1, 0.15) is 0 Å². The lowest BCUT2D eigenvalue weighted by Crippen LogP contribution is -2.03. The monoisotopic (exact) mass is 248 g/mol. The van der Waals surface area contributed by atoms with E-state index in [4.69, 9.17) is 0 Å². The van der Waals surface area contributed by atoms with Gasteiger partial charge < -0.3 is 0 Å². The van der Waals surface area contributed by atoms with Crippen LogP contribution in [0.1, 0.15) is 85.0 Å². The van der Waals surface area contributed by atoms with Crippen LogP contribution in [-0.4, -0.2) is 0 Å². The van der Waals surface area contributed by atoms with Gasteiger partial charge in [-0.15, -0.1) is 0 Å². The third kappa shape index (κ3) is 8.55. The zero-order valence-corrected chi connectivity index (χ0v) is 12.8. The van der Waals surface area contributed by atoms with Crippen molar-refractivity contribution < 1.29 is 0 Å². The minimum Gasteiger partial charge on any atom is -0.0805 e. The Kier molecular flexibility index (Phi) is 7.39. The molecule has 1 aliphatic rings. The first-order valence-electron chi connectivity index (χ1n) is 7.93. The van der Waals surface area contributed by atoms with Crippen LogP contribution < -0.4 is 0 Å². The molecule has 1 rings (SSSR count). The lowest BCUT2D eigenvalue weighted by molar-refractivity contribution is 0.356. The number of hydrogen-bond donors (Lipinski definition) is 0. The van der Waals surface area contributed by atoms with Gasteiger partial charge >= 0.3 is 0 Å². The van der Waals surface area contributed by atoms with E-state index in [0.29, 0.717) is 5.41 Å². The van der Waals surface area contributed by atoms with Crippen LogP contribution in [0.15, 0.2) is 23.8 Å². The molecule has 0 aromatic carbocycles. The Morgan fingerprint density at radius 1 is 0.889 bits per heavy atom. The highest BCUT2D eigenvalue weighted by Gasteiger charge is 2.08. The molecule has 1 aliphatic carbocycles. The molecule has 0 saturated heterocycles. The predicted molar refractivity (Wildman–Crippen MR) is 82.8 cm³/mol. The van der Waals surface area contributed by atoms with Crippen molar-refractivity contribution in [1.82, 2.24) is 0 Å². The Morgan fingerprint density at radius 2 is 1.50 bits per heavy atom. The van der Waals surface area contributed by atoms with Gasteiger partial charge in [-0.1, -0.05) is 83.1 Å². The highest BCUT2D eigenvalue weighted by atomic mass is 14.1. The molecular formula is C18H32. The third-order valence-corrected chi connectivity index (χ3v) is 3.74. The standard InChI is InChI=1S/C18H32/c1-18(2,3)16-12-8-6-4-5-7-9-13-17-14-10-11-15-17/h10,14-15H,4-9,11-13,16H2,1-3H3. The zero-order chi connectivity index (χ0) is 13.3. The maximum atomic E-state index is 2.37. The lowest BCUT2D eigenvalue weighted by Gasteiger charge is -2.17. The van der Waals surface area contributed by atoms with Crippen molar-refractivity contribution in [2.75, 3.05) is 0 Å². The molecule has 0 atom stereocenters. The van der Waals surface area contributed by atoms with Gasteiger partial charge in [-0.05, 0) is 31.1 Å². The number of hydrogen-bond acceptors (Lipinski definition) is 0. The van der Waals surface area contributed by atoms with E-state index in [1.165, 1.54) is 64.2 Å². The molecule has 0 heterocycles. The van der Waals surface area contributed by atoms with Crippen LogP contribution >= 0.6 is 0 Å². The van der Waals surface area contributed by atoms with Crippen LogP contribution in [0.2, 0.25) is 0 Å². The molecule has 104 valence electrons. The first-order chi connectivity index (χ1) is 8.58. The lowest BCUT2D eigenvalue weighted by atomic mass is 9.89. The quantitative estimate of drug-likeness (QED) is 0.412. The SMILES string of the molecule is CC(C)(C)CCCCCCCCCC1=CCC=C1. The molecule has 0 amide bonds. The molecule has 0 spiro atoms. The molecule has 0 aliphatic heterocycles. The molecule has 0 aromatic heterocycles. The van der Waals surface area contributed by atoms with Crippen LogP contribution in [0, 0.1) is 5.41 Å². The minimum absolute atomic E-state index is 0.530. The highest BCUT2D eigenvalue weighted by molar-refractivity contribution is 5.25. The molecule has 0 heteroatoms. The second-order valence-electron chi connectivity index (χ2n) is 6.95. The number of allylic oxidation sites excluding steroid dienone is 4. The smallest absolute Gasteiger partial charge is 0.0160 e. The van der Waals surface area contributed by atoms with E-state index < -0.39 is 0 Å². The maximum Gasteiger partial charge on any atom is -0.0160 e. The molecule has 0 radical (unpaired) electrons. The van der Waals surface area contributed by atoms with Gasteiger partial charge in [0.15, 0.2) is 0 Å². The van der Waals surface area contributed by atoms with Gasteiger partial charge in [-0.2, -0.15) is 0 Å². The van der Waals surface area contributed by atoms with E-state index >= 15 is 0 Å². The largest absolute Gasteiger partial charge is 0.0805 e. The normalized spacial score (nSPS) is 15.2. The summed E-state index contributed by atoms with van der Waals surface area (Å²) < 4.78 is 0. The highest BCUT2D eigenvalue weighted by Crippen LogP contribution is 2.23. The number of unbranched alkanes of at least 4 members (excludes halogenated alkanes) is 6. The van der Waals surface area contributed by atoms with Crippen molar-refractivity contribution in [3.63, 3.8) is 0 Å². The zero-order valence-electron chi connectivity index (χ0n) is 12.8. The summed E-state index contributed by atoms with van der Waals surface area (Å²) in [5.74, 6) is 0. The van der Waals surface area contributed by atoms with Gasteiger partial charge in [0.05, 0.1) is 0 Å². The molecule has 18 heavy (non-hydrogen) atoms. The van der Waals surface area contributed by atoms with Crippen LogP contribution in [0.3, 0.4) is 0 Å². The topological polar surface area (TPSA) is 0 Å². The Balaban J connectivity index is 1.80. The summed E-state index contributed by atoms with van der Waals surface area (Å²) in [4.78, 5) is 0. The summed E-state index contributed by atoms with van der Waals surface area (Å²) in [7, 11) is 0. The fraction of sp³-hybridized carbons (Fsp3) is 0.778. The summed E-state index contributed by atoms with van der Waals surface area (Å²) in [5.41, 5.74) is 2.10. The summed E-state index contributed by atoms with van der Waals surface area (Å²) in [6, 6.07) is 0. The molecule has 0 fully saturated rings. The molecular weight excluding hydrogens is 216 g/mol. The predicted octanol–water partition coefficient (Wildman–Crippen LogP) is 6.43. The third-order valence-electron chi connectivity index (χ3n) is 3.74. The van der Waals surface area contributed by atoms with Crippen molar-refractivity contribution in [3.8, 4) is 0 Å². The summed E-state index contributed by atoms with van der Waals surface area (Å²) in [6.45, 7) is 7.04. The van der Waals surface area contributed by atoms with Crippen molar-refractivity contribution in [2.24, 2.45) is 5.41 Å². The minimum atomic E-state index is 0.530. The fourth-order valence-electron chi connectivity index (χ4n) is 2.56. The summed E-state index contributed by atoms with van der Waals surface area (Å²) in [5, 5.41) is 0. The van der Waals surface area contributed by atoms with Gasteiger partial charge in [0, 0.05) is 0 Å². The molecule has 0 N–H and O–H groups in total. The van der Waals surface area contributed by atoms with Crippen LogP contribution in [-0.2, 0) is 0 Å². The van der Waals surface area contributed by atoms with Crippen molar-refractivity contribution in [1.29, 1.82) is 0 Å². The first kappa shape index (κ1) is 15.5. The Hall–Kier alpha value is -0.520. The van der Waals surface area contributed by atoms with E-state index in [0.717, 1.165) is 0 Å². The Bertz CT molecular complexity index is 262. The van der Waals surface area contributed by atoms with E-state index in [-0.39, 0.29) is 0 Å². The van der Waals surface area contributed by atoms with Crippen LogP contribution in [0.4, 0.5) is 0 Å². The maximum absolute atomic E-state index is 2.37. The molecule has 0 aromatic rings. The first-order valence-corrected chi connectivity index (χ1v) is 7.93. The van der Waals surface area contributed by atoms with Gasteiger partial charge in [-0.3, -0.25) is 0 Å². The van der Waals surface area contributed by atoms with E-state index in [9.17, 15) is 0 Å². The van der Waals surface area contributed by atoms with Crippen LogP contribution in [0.25, 0.3) is 0 Å². The molecule has 0 saturated carbocycles. The Labute approximate surface area is 115 Å². The van der Waals surface area contributed by atoms with Crippen molar-refractivity contribution in [2.45, 2.75) is 85.0 Å². The van der Waals surface area contributed by atoms with E-state index in [1.54, 1.807) is 5.57 Å². The molecule has 0 unspecified atom stereocenters. The number of rotatable bonds is 9. The average molecular weight is 248 g/mol. The molecule has 0 bridgehead atoms. The van der Waals surface area contributed by atoms with Crippen LogP contribution in [0.5, 0.6) is 0 Å². The molecule has 0 nitrogen and oxygen atoms in total. The van der Waals surface area contributed by atoms with Gasteiger partial charge in [-0.25, -0.2) is 0 Å². The fourth-order valence-corrected chi connectivity index (χ4v) is 2.56. The van der Waals surface area contributed by atoms with Crippen molar-refractivity contribution in [3.05, 3.63) is 23.8 Å². The Morgan fingerprint density at radius 3 is 2.06 bits per heavy atom. The summed E-state index contributed by atoms with van der Waals surface area (Å²) >= 11 is 0. The van der Waals surface area contributed by atoms with E-state index in [2.05, 4.69) is 39.0 Å². The van der Waals surface area contributed by atoms with Crippen molar-refractivity contribution >= 4 is 0 Å². The van der Waals surface area contributed by atoms with Gasteiger partial charge in [0.2, 0.25) is 0 Å². The van der Waals surface area contributed by atoms with Gasteiger partial charge in [0.25, 0.3) is 0 Å². The summed E-state index contributed by atoms with van der Waals surface area (Å²) in [6.07, 6.45) is 20.8. The second kappa shape index (κ2) is 8.56. The average Bonchev–Trinajstić information content (AvgIpc) is 2.78. The van der Waals surface area contributed by atoms with E-state index in [1.807, 2.05) is 0 Å². The second-order valence-corrected chi connectivity index (χ2v) is 6.95.